The van der Waals surface area contributed by atoms with E-state index in [9.17, 15) is 4.79 Å². The first-order valence-electron chi connectivity index (χ1n) is 9.12. The highest BCUT2D eigenvalue weighted by Gasteiger charge is 2.20. The normalized spacial score (nSPS) is 15.6. The molecule has 1 aliphatic rings. The lowest BCUT2D eigenvalue weighted by molar-refractivity contribution is -0.130. The number of nitrogens with zero attached hydrogens (tertiary/aromatic N) is 3. The molecule has 2 heterocycles. The minimum absolute atomic E-state index is 0.143. The van der Waals surface area contributed by atoms with Gasteiger partial charge in [0.1, 0.15) is 0 Å². The van der Waals surface area contributed by atoms with Crippen molar-refractivity contribution >= 4 is 34.4 Å². The third kappa shape index (κ3) is 4.30. The standard InChI is InChI=1S/C19H26ClN5O/c1-3-21-19(25-10-8-24(9-11-25)14(2)26)22-7-6-15-13-23-18-5-4-16(20)12-17(15)18/h4-5,12-13,23H,3,6-11H2,1-2H3,(H,21,22). The number of H-pyrrole nitrogens is 1. The van der Waals surface area contributed by atoms with Gasteiger partial charge >= 0.3 is 0 Å². The van der Waals surface area contributed by atoms with Crippen LogP contribution in [0.15, 0.2) is 29.4 Å². The highest BCUT2D eigenvalue weighted by molar-refractivity contribution is 6.31. The number of carbonyl (C=O) groups is 1. The first-order valence-corrected chi connectivity index (χ1v) is 9.50. The summed E-state index contributed by atoms with van der Waals surface area (Å²) in [5, 5.41) is 5.27. The predicted octanol–water partition coefficient (Wildman–Crippen LogP) is 2.49. The molecule has 1 fully saturated rings. The predicted molar refractivity (Wildman–Crippen MR) is 107 cm³/mol. The highest BCUT2D eigenvalue weighted by Crippen LogP contribution is 2.22. The Morgan fingerprint density at radius 3 is 2.69 bits per heavy atom. The van der Waals surface area contributed by atoms with Crippen LogP contribution in [0.2, 0.25) is 5.02 Å². The van der Waals surface area contributed by atoms with E-state index < -0.39 is 0 Å². The molecule has 140 valence electrons. The number of halogens is 1. The molecular formula is C19H26ClN5O. The molecule has 1 aliphatic heterocycles. The molecule has 26 heavy (non-hydrogen) atoms. The van der Waals surface area contributed by atoms with Gasteiger partial charge < -0.3 is 20.1 Å². The van der Waals surface area contributed by atoms with Crippen LogP contribution in [0.3, 0.4) is 0 Å². The van der Waals surface area contributed by atoms with Gasteiger partial charge in [0, 0.05) is 68.3 Å². The summed E-state index contributed by atoms with van der Waals surface area (Å²) in [5.41, 5.74) is 2.32. The Labute approximate surface area is 159 Å². The van der Waals surface area contributed by atoms with Gasteiger partial charge in [0.2, 0.25) is 5.91 Å². The quantitative estimate of drug-likeness (QED) is 0.637. The van der Waals surface area contributed by atoms with Crippen molar-refractivity contribution in [2.24, 2.45) is 4.99 Å². The van der Waals surface area contributed by atoms with Crippen LogP contribution in [0.1, 0.15) is 19.4 Å². The first kappa shape index (κ1) is 18.6. The molecular weight excluding hydrogens is 350 g/mol. The smallest absolute Gasteiger partial charge is 0.219 e. The van der Waals surface area contributed by atoms with Crippen LogP contribution in [0.25, 0.3) is 10.9 Å². The Balaban J connectivity index is 1.64. The molecule has 0 aliphatic carbocycles. The molecule has 1 saturated heterocycles. The maximum absolute atomic E-state index is 11.5. The van der Waals surface area contributed by atoms with Gasteiger partial charge in [-0.3, -0.25) is 9.79 Å². The molecule has 0 spiro atoms. The lowest BCUT2D eigenvalue weighted by atomic mass is 10.1. The van der Waals surface area contributed by atoms with Gasteiger partial charge in [-0.05, 0) is 37.1 Å². The fourth-order valence-electron chi connectivity index (χ4n) is 3.30. The van der Waals surface area contributed by atoms with Crippen molar-refractivity contribution in [1.82, 2.24) is 20.1 Å². The number of fused-ring (bicyclic) bond motifs is 1. The van der Waals surface area contributed by atoms with E-state index in [-0.39, 0.29) is 5.91 Å². The fourth-order valence-corrected chi connectivity index (χ4v) is 3.47. The molecule has 1 aromatic heterocycles. The van der Waals surface area contributed by atoms with Crippen molar-refractivity contribution in [2.45, 2.75) is 20.3 Å². The van der Waals surface area contributed by atoms with Gasteiger partial charge in [0.15, 0.2) is 5.96 Å². The molecule has 1 aromatic carbocycles. The van der Waals surface area contributed by atoms with Crippen LogP contribution in [0.5, 0.6) is 0 Å². The van der Waals surface area contributed by atoms with Gasteiger partial charge in [-0.15, -0.1) is 0 Å². The minimum Gasteiger partial charge on any atom is -0.361 e. The van der Waals surface area contributed by atoms with E-state index in [0.717, 1.165) is 61.0 Å². The maximum atomic E-state index is 11.5. The van der Waals surface area contributed by atoms with Gasteiger partial charge in [-0.25, -0.2) is 0 Å². The molecule has 3 rings (SSSR count). The number of aliphatic imine (C=N–C) groups is 1. The van der Waals surface area contributed by atoms with Gasteiger partial charge in [-0.1, -0.05) is 11.6 Å². The number of carbonyl (C=O) groups excluding carboxylic acids is 1. The van der Waals surface area contributed by atoms with E-state index in [1.807, 2.05) is 29.3 Å². The van der Waals surface area contributed by atoms with E-state index in [2.05, 4.69) is 22.1 Å². The number of amides is 1. The van der Waals surface area contributed by atoms with Crippen LogP contribution in [0, 0.1) is 0 Å². The zero-order chi connectivity index (χ0) is 18.5. The maximum Gasteiger partial charge on any atom is 0.219 e. The lowest BCUT2D eigenvalue weighted by Crippen LogP contribution is -2.53. The van der Waals surface area contributed by atoms with Crippen molar-refractivity contribution in [1.29, 1.82) is 0 Å². The Hall–Kier alpha value is -2.21. The van der Waals surface area contributed by atoms with E-state index in [0.29, 0.717) is 6.54 Å². The van der Waals surface area contributed by atoms with E-state index in [1.54, 1.807) is 6.92 Å². The molecule has 0 unspecified atom stereocenters. The summed E-state index contributed by atoms with van der Waals surface area (Å²) in [6.07, 6.45) is 2.89. The summed E-state index contributed by atoms with van der Waals surface area (Å²) in [4.78, 5) is 23.7. The molecule has 7 heteroatoms. The van der Waals surface area contributed by atoms with Gasteiger partial charge in [-0.2, -0.15) is 0 Å². The van der Waals surface area contributed by atoms with Gasteiger partial charge in [0.25, 0.3) is 0 Å². The van der Waals surface area contributed by atoms with Crippen LogP contribution < -0.4 is 5.32 Å². The summed E-state index contributed by atoms with van der Waals surface area (Å²) in [6, 6.07) is 5.90. The molecule has 6 nitrogen and oxygen atoms in total. The third-order valence-electron chi connectivity index (χ3n) is 4.73. The van der Waals surface area contributed by atoms with E-state index in [4.69, 9.17) is 16.6 Å². The Morgan fingerprint density at radius 1 is 1.27 bits per heavy atom. The molecule has 2 aromatic rings. The number of benzene rings is 1. The first-order chi connectivity index (χ1) is 12.6. The second kappa shape index (κ2) is 8.45. The molecule has 0 bridgehead atoms. The topological polar surface area (TPSA) is 63.7 Å². The second-order valence-electron chi connectivity index (χ2n) is 6.48. The lowest BCUT2D eigenvalue weighted by Gasteiger charge is -2.36. The number of hydrogen-bond acceptors (Lipinski definition) is 2. The summed E-state index contributed by atoms with van der Waals surface area (Å²) in [5.74, 6) is 1.07. The van der Waals surface area contributed by atoms with Crippen molar-refractivity contribution in [3.05, 3.63) is 35.0 Å². The largest absolute Gasteiger partial charge is 0.361 e. The average Bonchev–Trinajstić information content (AvgIpc) is 3.03. The number of rotatable bonds is 4. The van der Waals surface area contributed by atoms with E-state index >= 15 is 0 Å². The Kier molecular flexibility index (Phi) is 6.04. The number of nitrogens with one attached hydrogen (secondary N) is 2. The second-order valence-corrected chi connectivity index (χ2v) is 6.92. The number of aromatic nitrogens is 1. The summed E-state index contributed by atoms with van der Waals surface area (Å²) in [6.45, 7) is 8.36. The van der Waals surface area contributed by atoms with Crippen LogP contribution >= 0.6 is 11.6 Å². The zero-order valence-corrected chi connectivity index (χ0v) is 16.1. The van der Waals surface area contributed by atoms with Crippen LogP contribution in [-0.4, -0.2) is 65.9 Å². The summed E-state index contributed by atoms with van der Waals surface area (Å²) in [7, 11) is 0. The summed E-state index contributed by atoms with van der Waals surface area (Å²) < 4.78 is 0. The zero-order valence-electron chi connectivity index (χ0n) is 15.4. The number of piperazine rings is 1. The monoisotopic (exact) mass is 375 g/mol. The molecule has 1 amide bonds. The Bertz CT molecular complexity index is 792. The van der Waals surface area contributed by atoms with Crippen LogP contribution in [-0.2, 0) is 11.2 Å². The molecule has 0 saturated carbocycles. The fraction of sp³-hybridized carbons (Fsp3) is 0.474. The minimum atomic E-state index is 0.143. The Morgan fingerprint density at radius 2 is 2.00 bits per heavy atom. The van der Waals surface area contributed by atoms with Crippen LogP contribution in [0.4, 0.5) is 0 Å². The SMILES string of the molecule is CCNC(=NCCc1c[nH]c2ccc(Cl)cc12)N1CCN(C(C)=O)CC1. The van der Waals surface area contributed by atoms with Crippen molar-refractivity contribution in [2.75, 3.05) is 39.3 Å². The number of guanidine groups is 1. The highest BCUT2D eigenvalue weighted by atomic mass is 35.5. The van der Waals surface area contributed by atoms with Crippen molar-refractivity contribution in [3.63, 3.8) is 0 Å². The van der Waals surface area contributed by atoms with E-state index in [1.165, 1.54) is 5.56 Å². The number of aromatic amines is 1. The van der Waals surface area contributed by atoms with Crippen molar-refractivity contribution in [3.8, 4) is 0 Å². The third-order valence-corrected chi connectivity index (χ3v) is 4.97. The average molecular weight is 376 g/mol. The molecule has 0 atom stereocenters. The van der Waals surface area contributed by atoms with Gasteiger partial charge in [0.05, 0.1) is 0 Å². The number of hydrogen-bond donors (Lipinski definition) is 2. The molecule has 0 radical (unpaired) electrons. The summed E-state index contributed by atoms with van der Waals surface area (Å²) >= 11 is 6.12. The molecule has 2 N–H and O–H groups in total. The van der Waals surface area contributed by atoms with Crippen molar-refractivity contribution < 1.29 is 4.79 Å².